The van der Waals surface area contributed by atoms with Crippen LogP contribution in [0.15, 0.2) is 40.9 Å². The minimum Gasteiger partial charge on any atom is -0.490 e. The van der Waals surface area contributed by atoms with E-state index in [1.165, 1.54) is 11.9 Å². The minimum atomic E-state index is -0.850. The molecule has 8 nitrogen and oxygen atoms in total. The average Bonchev–Trinajstić information content (AvgIpc) is 3.41. The molecule has 0 bridgehead atoms. The van der Waals surface area contributed by atoms with Crippen molar-refractivity contribution in [2.75, 3.05) is 5.75 Å². The fraction of sp³-hybridized carbons (Fsp3) is 0.304. The number of aromatic nitrogens is 2. The molecule has 1 aliphatic rings. The van der Waals surface area contributed by atoms with Crippen molar-refractivity contribution in [2.45, 2.75) is 38.8 Å². The summed E-state index contributed by atoms with van der Waals surface area (Å²) in [4.78, 5) is 15.3. The number of carboxylic acids is 1. The van der Waals surface area contributed by atoms with Crippen molar-refractivity contribution >= 4 is 17.9 Å². The Hall–Kier alpha value is -3.35. The van der Waals surface area contributed by atoms with Gasteiger partial charge >= 0.3 is 5.97 Å². The molecule has 2 aromatic carbocycles. The molecule has 1 aliphatic carbocycles. The molecule has 164 valence electrons. The summed E-state index contributed by atoms with van der Waals surface area (Å²) < 4.78 is 14.4. The highest BCUT2D eigenvalue weighted by molar-refractivity contribution is 7.98. The number of hydrogen-bond acceptors (Lipinski definition) is 8. The van der Waals surface area contributed by atoms with E-state index in [-0.39, 0.29) is 17.9 Å². The van der Waals surface area contributed by atoms with E-state index in [0.717, 1.165) is 29.5 Å². The van der Waals surface area contributed by atoms with Crippen LogP contribution in [-0.4, -0.2) is 33.1 Å². The number of ether oxygens (including phenoxy) is 1. The van der Waals surface area contributed by atoms with Crippen LogP contribution in [0.1, 0.15) is 43.0 Å². The molecule has 3 aromatic rings. The molecule has 0 aliphatic heterocycles. The summed E-state index contributed by atoms with van der Waals surface area (Å²) in [7, 11) is 0. The van der Waals surface area contributed by atoms with Crippen LogP contribution >= 0.6 is 11.9 Å². The molecule has 1 unspecified atom stereocenters. The predicted octanol–water partition coefficient (Wildman–Crippen LogP) is 4.37. The minimum absolute atomic E-state index is 0.00537. The van der Waals surface area contributed by atoms with Crippen molar-refractivity contribution in [2.24, 2.45) is 0 Å². The van der Waals surface area contributed by atoms with Crippen molar-refractivity contribution in [3.05, 3.63) is 53.1 Å². The lowest BCUT2D eigenvalue weighted by molar-refractivity contribution is -0.133. The summed E-state index contributed by atoms with van der Waals surface area (Å²) in [5.74, 6) is 0.487. The molecule has 32 heavy (non-hydrogen) atoms. The van der Waals surface area contributed by atoms with Gasteiger partial charge in [-0.3, -0.25) is 9.52 Å². The Balaban J connectivity index is 1.58. The number of benzene rings is 2. The van der Waals surface area contributed by atoms with Crippen molar-refractivity contribution in [3.63, 3.8) is 0 Å². The number of carbonyl (C=O) groups is 1. The largest absolute Gasteiger partial charge is 0.490 e. The average molecular weight is 451 g/mol. The summed E-state index contributed by atoms with van der Waals surface area (Å²) in [5, 5.41) is 22.5. The zero-order valence-electron chi connectivity index (χ0n) is 17.7. The maximum absolute atomic E-state index is 10.8. The van der Waals surface area contributed by atoms with Gasteiger partial charge in [0.1, 0.15) is 17.6 Å². The van der Waals surface area contributed by atoms with Crippen molar-refractivity contribution in [1.29, 1.82) is 5.26 Å². The highest BCUT2D eigenvalue weighted by Gasteiger charge is 2.26. The third kappa shape index (κ3) is 4.61. The molecule has 1 aromatic heterocycles. The summed E-state index contributed by atoms with van der Waals surface area (Å²) in [6.07, 6.45) is 1.66. The lowest BCUT2D eigenvalue weighted by Gasteiger charge is -2.13. The Labute approximate surface area is 189 Å². The van der Waals surface area contributed by atoms with Gasteiger partial charge in [0.25, 0.3) is 5.89 Å². The molecular weight excluding hydrogens is 428 g/mol. The van der Waals surface area contributed by atoms with Gasteiger partial charge < -0.3 is 14.4 Å². The second-order valence-corrected chi connectivity index (χ2v) is 8.49. The summed E-state index contributed by atoms with van der Waals surface area (Å²) >= 11 is 1.20. The van der Waals surface area contributed by atoms with E-state index < -0.39 is 5.97 Å². The van der Waals surface area contributed by atoms with Crippen LogP contribution in [0.4, 0.5) is 0 Å². The summed E-state index contributed by atoms with van der Waals surface area (Å²) in [5.41, 5.74) is 4.20. The Morgan fingerprint density at radius 3 is 3.00 bits per heavy atom. The van der Waals surface area contributed by atoms with Crippen molar-refractivity contribution in [3.8, 4) is 34.7 Å². The first kappa shape index (κ1) is 21.9. The van der Waals surface area contributed by atoms with E-state index in [1.807, 2.05) is 32.0 Å². The first-order valence-corrected chi connectivity index (χ1v) is 11.2. The molecule has 4 rings (SSSR count). The van der Waals surface area contributed by atoms with Crippen LogP contribution in [0, 0.1) is 11.3 Å². The number of nitriles is 1. The summed E-state index contributed by atoms with van der Waals surface area (Å²) in [6.45, 7) is 3.81. The van der Waals surface area contributed by atoms with Crippen LogP contribution < -0.4 is 9.46 Å². The van der Waals surface area contributed by atoms with Crippen LogP contribution in [-0.2, 0) is 11.2 Å². The van der Waals surface area contributed by atoms with Gasteiger partial charge in [0.05, 0.1) is 11.7 Å². The standard InChI is InChI=1S/C23H22N4O4S/c1-13(2)30-20-9-6-14(10-15(20)11-24)23-25-22(26-31-23)18-5-3-4-17-16(18)7-8-19(17)27-32-12-21(28)29/h3-6,9-10,13,19,27H,7-8,12H2,1-2H3,(H,28,29). The van der Waals surface area contributed by atoms with E-state index in [2.05, 4.69) is 20.9 Å². The van der Waals surface area contributed by atoms with Gasteiger partial charge in [-0.25, -0.2) is 0 Å². The van der Waals surface area contributed by atoms with E-state index in [0.29, 0.717) is 28.6 Å². The molecule has 1 heterocycles. The van der Waals surface area contributed by atoms with Gasteiger partial charge in [0.15, 0.2) is 0 Å². The highest BCUT2D eigenvalue weighted by atomic mass is 32.2. The van der Waals surface area contributed by atoms with E-state index in [4.69, 9.17) is 14.4 Å². The number of fused-ring (bicyclic) bond motifs is 1. The maximum atomic E-state index is 10.8. The smallest absolute Gasteiger partial charge is 0.314 e. The van der Waals surface area contributed by atoms with Gasteiger partial charge in [-0.15, -0.1) is 0 Å². The zero-order valence-corrected chi connectivity index (χ0v) is 18.5. The maximum Gasteiger partial charge on any atom is 0.314 e. The molecule has 0 fully saturated rings. The van der Waals surface area contributed by atoms with Crippen molar-refractivity contribution in [1.82, 2.24) is 14.9 Å². The second kappa shape index (κ2) is 9.42. The van der Waals surface area contributed by atoms with E-state index >= 15 is 0 Å². The number of hydrogen-bond donors (Lipinski definition) is 2. The van der Waals surface area contributed by atoms with Crippen LogP contribution in [0.2, 0.25) is 0 Å². The summed E-state index contributed by atoms with van der Waals surface area (Å²) in [6, 6.07) is 13.4. The Morgan fingerprint density at radius 1 is 1.41 bits per heavy atom. The second-order valence-electron chi connectivity index (χ2n) is 7.68. The van der Waals surface area contributed by atoms with Gasteiger partial charge in [-0.2, -0.15) is 10.2 Å². The fourth-order valence-corrected chi connectivity index (χ4v) is 4.40. The first-order chi connectivity index (χ1) is 15.5. The molecule has 0 spiro atoms. The van der Waals surface area contributed by atoms with Gasteiger partial charge in [0, 0.05) is 17.2 Å². The normalized spacial score (nSPS) is 14.9. The monoisotopic (exact) mass is 450 g/mol. The molecule has 2 N–H and O–H groups in total. The molecule has 1 atom stereocenters. The van der Waals surface area contributed by atoms with Gasteiger partial charge in [0.2, 0.25) is 5.82 Å². The van der Waals surface area contributed by atoms with Crippen LogP contribution in [0.25, 0.3) is 22.8 Å². The quantitative estimate of drug-likeness (QED) is 0.482. The third-order valence-electron chi connectivity index (χ3n) is 5.07. The Kier molecular flexibility index (Phi) is 6.44. The van der Waals surface area contributed by atoms with E-state index in [1.54, 1.807) is 18.2 Å². The van der Waals surface area contributed by atoms with Crippen LogP contribution in [0.3, 0.4) is 0 Å². The van der Waals surface area contributed by atoms with Crippen molar-refractivity contribution < 1.29 is 19.2 Å². The fourth-order valence-electron chi connectivity index (χ4n) is 3.75. The number of aliphatic carboxylic acids is 1. The van der Waals surface area contributed by atoms with Gasteiger partial charge in [-0.05, 0) is 56.0 Å². The van der Waals surface area contributed by atoms with Crippen LogP contribution in [0.5, 0.6) is 5.75 Å². The number of rotatable bonds is 8. The topological polar surface area (TPSA) is 121 Å². The lowest BCUT2D eigenvalue weighted by Crippen LogP contribution is -2.14. The third-order valence-corrected chi connectivity index (χ3v) is 5.91. The number of nitrogens with one attached hydrogen (secondary N) is 1. The Morgan fingerprint density at radius 2 is 2.25 bits per heavy atom. The predicted molar refractivity (Wildman–Crippen MR) is 120 cm³/mol. The van der Waals surface area contributed by atoms with Gasteiger partial charge in [-0.1, -0.05) is 35.3 Å². The molecular formula is C23H22N4O4S. The number of nitrogens with zero attached hydrogens (tertiary/aromatic N) is 3. The number of carboxylic acid groups (broad SMARTS) is 1. The van der Waals surface area contributed by atoms with E-state index in [9.17, 15) is 10.1 Å². The SMILES string of the molecule is CC(C)Oc1ccc(-c2nc(-c3cccc4c3CCC4NSCC(=O)O)no2)cc1C#N. The molecule has 0 saturated heterocycles. The zero-order chi connectivity index (χ0) is 22.7. The molecule has 0 amide bonds. The molecule has 0 radical (unpaired) electrons. The Bertz CT molecular complexity index is 1180. The lowest BCUT2D eigenvalue weighted by atomic mass is 10.0. The first-order valence-electron chi connectivity index (χ1n) is 10.2. The molecule has 9 heteroatoms. The highest BCUT2D eigenvalue weighted by Crippen LogP contribution is 2.38. The molecule has 0 saturated carbocycles.